The third kappa shape index (κ3) is 5.30. The second kappa shape index (κ2) is 9.99. The first-order chi connectivity index (χ1) is 14.1. The molecule has 1 heterocycles. The number of carbonyl (C=O) groups excluding carboxylic acids is 2. The summed E-state index contributed by atoms with van der Waals surface area (Å²) in [4.78, 5) is 27.1. The molecule has 1 saturated heterocycles. The number of nitrogens with zero attached hydrogens (tertiary/aromatic N) is 2. The van der Waals surface area contributed by atoms with Gasteiger partial charge in [0.05, 0.1) is 24.1 Å². The minimum Gasteiger partial charge on any atom is -0.494 e. The van der Waals surface area contributed by atoms with Crippen LogP contribution in [0.5, 0.6) is 5.75 Å². The minimum atomic E-state index is -0.495. The van der Waals surface area contributed by atoms with E-state index < -0.39 is 6.04 Å². The van der Waals surface area contributed by atoms with Crippen molar-refractivity contribution in [3.8, 4) is 11.8 Å². The number of rotatable bonds is 7. The third-order valence-corrected chi connectivity index (χ3v) is 5.68. The first kappa shape index (κ1) is 20.7. The molecule has 0 bridgehead atoms. The molecular weight excluding hydrogens is 386 g/mol. The summed E-state index contributed by atoms with van der Waals surface area (Å²) in [6.07, 6.45) is 0.894. The fraction of sp³-hybridized carbons (Fsp3) is 0.318. The fourth-order valence-corrected chi connectivity index (χ4v) is 4.33. The zero-order valence-electron chi connectivity index (χ0n) is 16.3. The summed E-state index contributed by atoms with van der Waals surface area (Å²) < 4.78 is 5.62. The van der Waals surface area contributed by atoms with Crippen molar-refractivity contribution in [1.82, 2.24) is 4.90 Å². The van der Waals surface area contributed by atoms with E-state index in [0.717, 1.165) is 11.3 Å². The van der Waals surface area contributed by atoms with E-state index in [1.165, 1.54) is 0 Å². The van der Waals surface area contributed by atoms with Crippen LogP contribution < -0.4 is 10.1 Å². The van der Waals surface area contributed by atoms with E-state index in [1.54, 1.807) is 40.9 Å². The van der Waals surface area contributed by atoms with Crippen LogP contribution in [0.15, 0.2) is 48.5 Å². The van der Waals surface area contributed by atoms with Gasteiger partial charge in [-0.2, -0.15) is 5.26 Å². The smallest absolute Gasteiger partial charge is 0.248 e. The van der Waals surface area contributed by atoms with E-state index >= 15 is 0 Å². The Morgan fingerprint density at radius 3 is 2.72 bits per heavy atom. The molecule has 0 aromatic heterocycles. The quantitative estimate of drug-likeness (QED) is 0.758. The van der Waals surface area contributed by atoms with E-state index in [-0.39, 0.29) is 11.8 Å². The number of benzene rings is 2. The lowest BCUT2D eigenvalue weighted by Gasteiger charge is -2.23. The van der Waals surface area contributed by atoms with Crippen LogP contribution in [0, 0.1) is 11.3 Å². The van der Waals surface area contributed by atoms with Gasteiger partial charge in [-0.1, -0.05) is 18.2 Å². The van der Waals surface area contributed by atoms with Crippen LogP contribution in [-0.2, 0) is 16.0 Å². The van der Waals surface area contributed by atoms with Crippen molar-refractivity contribution in [2.45, 2.75) is 25.8 Å². The van der Waals surface area contributed by atoms with Crippen molar-refractivity contribution >= 4 is 29.3 Å². The number of hydrogen-bond acceptors (Lipinski definition) is 5. The number of amides is 2. The van der Waals surface area contributed by atoms with E-state index in [1.807, 2.05) is 37.3 Å². The van der Waals surface area contributed by atoms with Crippen LogP contribution in [0.3, 0.4) is 0 Å². The lowest BCUT2D eigenvalue weighted by Crippen LogP contribution is -2.44. The van der Waals surface area contributed by atoms with Crippen LogP contribution in [0.2, 0.25) is 0 Å². The van der Waals surface area contributed by atoms with E-state index in [4.69, 9.17) is 10.00 Å². The summed E-state index contributed by atoms with van der Waals surface area (Å²) >= 11 is 1.57. The maximum absolute atomic E-state index is 12.8. The van der Waals surface area contributed by atoms with Crippen LogP contribution >= 0.6 is 11.8 Å². The Hall–Kier alpha value is -2.98. The van der Waals surface area contributed by atoms with E-state index in [9.17, 15) is 9.59 Å². The number of ether oxygens (including phenoxy) is 1. The highest BCUT2D eigenvalue weighted by atomic mass is 32.2. The molecule has 1 aliphatic heterocycles. The summed E-state index contributed by atoms with van der Waals surface area (Å²) in [5.41, 5.74) is 2.14. The lowest BCUT2D eigenvalue weighted by atomic mass is 10.1. The lowest BCUT2D eigenvalue weighted by molar-refractivity contribution is -0.136. The number of carbonyl (C=O) groups is 2. The Bertz CT molecular complexity index is 908. The molecule has 3 rings (SSSR count). The van der Waals surface area contributed by atoms with Gasteiger partial charge in [0.25, 0.3) is 0 Å². The molecule has 1 N–H and O–H groups in total. The SMILES string of the molecule is CCOc1ccccc1CCC(=O)N1CSCC1C(=O)Nc1ccc(C#N)cc1. The summed E-state index contributed by atoms with van der Waals surface area (Å²) in [7, 11) is 0. The summed E-state index contributed by atoms with van der Waals surface area (Å²) in [5, 5.41) is 11.7. The van der Waals surface area contributed by atoms with Gasteiger partial charge in [-0.15, -0.1) is 11.8 Å². The molecule has 0 aliphatic carbocycles. The summed E-state index contributed by atoms with van der Waals surface area (Å²) in [6.45, 7) is 2.51. The molecule has 1 unspecified atom stereocenters. The second-order valence-corrected chi connectivity index (χ2v) is 7.60. The van der Waals surface area contributed by atoms with Crippen LogP contribution in [0.25, 0.3) is 0 Å². The molecule has 0 spiro atoms. The van der Waals surface area contributed by atoms with Crippen molar-refractivity contribution in [3.63, 3.8) is 0 Å². The summed E-state index contributed by atoms with van der Waals surface area (Å²) in [6, 6.07) is 15.9. The Morgan fingerprint density at radius 2 is 2.00 bits per heavy atom. The van der Waals surface area contributed by atoms with Gasteiger partial charge in [0, 0.05) is 17.9 Å². The zero-order valence-corrected chi connectivity index (χ0v) is 17.1. The minimum absolute atomic E-state index is 0.0405. The van der Waals surface area contributed by atoms with Gasteiger partial charge in [0.2, 0.25) is 11.8 Å². The largest absolute Gasteiger partial charge is 0.494 e. The predicted octanol–water partition coefficient (Wildman–Crippen LogP) is 3.43. The molecule has 1 fully saturated rings. The molecule has 1 atom stereocenters. The highest BCUT2D eigenvalue weighted by molar-refractivity contribution is 7.99. The van der Waals surface area contributed by atoms with Gasteiger partial charge < -0.3 is 15.0 Å². The zero-order chi connectivity index (χ0) is 20.6. The molecule has 7 heteroatoms. The molecule has 29 heavy (non-hydrogen) atoms. The Balaban J connectivity index is 1.60. The van der Waals surface area contributed by atoms with Crippen LogP contribution in [0.4, 0.5) is 5.69 Å². The van der Waals surface area contributed by atoms with Crippen LogP contribution in [-0.4, -0.2) is 41.0 Å². The number of nitriles is 1. The summed E-state index contributed by atoms with van der Waals surface area (Å²) in [5.74, 6) is 1.64. The van der Waals surface area contributed by atoms with E-state index in [0.29, 0.717) is 42.3 Å². The second-order valence-electron chi connectivity index (χ2n) is 6.60. The van der Waals surface area contributed by atoms with Gasteiger partial charge >= 0.3 is 0 Å². The first-order valence-electron chi connectivity index (χ1n) is 9.51. The predicted molar refractivity (Wildman–Crippen MR) is 114 cm³/mol. The topological polar surface area (TPSA) is 82.4 Å². The third-order valence-electron chi connectivity index (χ3n) is 4.67. The standard InChI is InChI=1S/C22H23N3O3S/c1-2-28-20-6-4-3-5-17(20)9-12-21(26)25-15-29-14-19(25)22(27)24-18-10-7-16(13-23)8-11-18/h3-8,10-11,19H,2,9,12,14-15H2,1H3,(H,24,27). The molecule has 2 aromatic rings. The Morgan fingerprint density at radius 1 is 1.24 bits per heavy atom. The number of aryl methyl sites for hydroxylation is 1. The molecule has 0 saturated carbocycles. The molecule has 2 aromatic carbocycles. The molecule has 2 amide bonds. The van der Waals surface area contributed by atoms with Gasteiger partial charge in [-0.25, -0.2) is 0 Å². The number of para-hydroxylation sites is 1. The average molecular weight is 410 g/mol. The average Bonchev–Trinajstić information content (AvgIpc) is 3.24. The number of nitrogens with one attached hydrogen (secondary N) is 1. The Kier molecular flexibility index (Phi) is 7.14. The maximum atomic E-state index is 12.8. The molecule has 0 radical (unpaired) electrons. The van der Waals surface area contributed by atoms with Crippen LogP contribution in [0.1, 0.15) is 24.5 Å². The van der Waals surface area contributed by atoms with Crippen molar-refractivity contribution in [3.05, 3.63) is 59.7 Å². The molecular formula is C22H23N3O3S. The fourth-order valence-electron chi connectivity index (χ4n) is 3.15. The highest BCUT2D eigenvalue weighted by Gasteiger charge is 2.34. The van der Waals surface area contributed by atoms with Gasteiger partial charge in [-0.05, 0) is 49.2 Å². The molecule has 1 aliphatic rings. The first-order valence-corrected chi connectivity index (χ1v) is 10.7. The van der Waals surface area contributed by atoms with Gasteiger partial charge in [-0.3, -0.25) is 9.59 Å². The monoisotopic (exact) mass is 409 g/mol. The Labute approximate surface area is 174 Å². The van der Waals surface area contributed by atoms with Gasteiger partial charge in [0.1, 0.15) is 11.8 Å². The van der Waals surface area contributed by atoms with Gasteiger partial charge in [0.15, 0.2) is 0 Å². The molecule has 150 valence electrons. The highest BCUT2D eigenvalue weighted by Crippen LogP contribution is 2.25. The normalized spacial score (nSPS) is 15.6. The van der Waals surface area contributed by atoms with Crippen molar-refractivity contribution in [2.24, 2.45) is 0 Å². The molecule has 6 nitrogen and oxygen atoms in total. The maximum Gasteiger partial charge on any atom is 0.248 e. The van der Waals surface area contributed by atoms with Crippen molar-refractivity contribution in [1.29, 1.82) is 5.26 Å². The number of hydrogen-bond donors (Lipinski definition) is 1. The van der Waals surface area contributed by atoms with Crippen molar-refractivity contribution in [2.75, 3.05) is 23.6 Å². The van der Waals surface area contributed by atoms with Crippen molar-refractivity contribution < 1.29 is 14.3 Å². The van der Waals surface area contributed by atoms with E-state index in [2.05, 4.69) is 5.32 Å². The number of anilines is 1. The number of thioether (sulfide) groups is 1.